The van der Waals surface area contributed by atoms with Crippen molar-refractivity contribution >= 4 is 34.7 Å². The summed E-state index contributed by atoms with van der Waals surface area (Å²) in [6.45, 7) is 0. The van der Waals surface area contributed by atoms with Crippen molar-refractivity contribution in [2.75, 3.05) is 0 Å². The van der Waals surface area contributed by atoms with Crippen LogP contribution in [-0.4, -0.2) is 10.8 Å². The molecule has 1 N–H and O–H groups in total. The molecule has 0 aliphatic heterocycles. The number of hydrogen-bond acceptors (Lipinski definition) is 2. The molecule has 122 valence electrons. The highest BCUT2D eigenvalue weighted by Crippen LogP contribution is 2.46. The molecule has 0 heterocycles. The minimum absolute atomic E-state index is 0.313. The van der Waals surface area contributed by atoms with Crippen LogP contribution in [0.1, 0.15) is 12.8 Å². The lowest BCUT2D eigenvalue weighted by Crippen LogP contribution is -2.39. The van der Waals surface area contributed by atoms with Gasteiger partial charge in [0.2, 0.25) is 0 Å². The molecule has 1 saturated carbocycles. The van der Waals surface area contributed by atoms with E-state index in [9.17, 15) is 4.57 Å². The molecule has 2 aliphatic carbocycles. The van der Waals surface area contributed by atoms with Crippen LogP contribution in [0.5, 0.6) is 0 Å². The highest BCUT2D eigenvalue weighted by molar-refractivity contribution is 8.07. The van der Waals surface area contributed by atoms with Crippen molar-refractivity contribution in [1.82, 2.24) is 5.32 Å². The van der Waals surface area contributed by atoms with Gasteiger partial charge < -0.3 is 9.88 Å². The molecule has 0 radical (unpaired) electrons. The van der Waals surface area contributed by atoms with Gasteiger partial charge in [-0.2, -0.15) is 0 Å². The molecule has 4 rings (SSSR count). The zero-order valence-electron chi connectivity index (χ0n) is 13.3. The van der Waals surface area contributed by atoms with Crippen molar-refractivity contribution in [2.24, 2.45) is 11.8 Å². The van der Waals surface area contributed by atoms with Crippen molar-refractivity contribution in [3.05, 3.63) is 72.8 Å². The van der Waals surface area contributed by atoms with Gasteiger partial charge in [-0.3, -0.25) is 0 Å². The highest BCUT2D eigenvalue weighted by Gasteiger charge is 2.39. The van der Waals surface area contributed by atoms with E-state index in [0.29, 0.717) is 22.6 Å². The Morgan fingerprint density at radius 1 is 0.917 bits per heavy atom. The predicted octanol–water partition coefficient (Wildman–Crippen LogP) is 3.84. The average Bonchev–Trinajstić information content (AvgIpc) is 3.25. The summed E-state index contributed by atoms with van der Waals surface area (Å²) in [5, 5.41) is 5.06. The second-order valence-corrected chi connectivity index (χ2v) is 10.0. The SMILES string of the molecule is O=P(C(=S)NC1CC2C=CC1C2)(c1ccccc1)c1ccccc1. The second-order valence-electron chi connectivity index (χ2n) is 6.62. The summed E-state index contributed by atoms with van der Waals surface area (Å²) in [5.74, 6) is 1.18. The first-order valence-electron chi connectivity index (χ1n) is 8.38. The van der Waals surface area contributed by atoms with E-state index >= 15 is 0 Å². The maximum absolute atomic E-state index is 14.1. The molecule has 2 bridgehead atoms. The van der Waals surface area contributed by atoms with Crippen molar-refractivity contribution < 1.29 is 4.57 Å². The molecule has 0 amide bonds. The Balaban J connectivity index is 1.69. The number of allylic oxidation sites excluding steroid dienone is 1. The maximum atomic E-state index is 14.1. The van der Waals surface area contributed by atoms with E-state index < -0.39 is 7.14 Å². The Kier molecular flexibility index (Phi) is 4.15. The van der Waals surface area contributed by atoms with Crippen LogP contribution in [0.15, 0.2) is 72.8 Å². The normalized spacial score (nSPS) is 24.9. The Bertz CT molecular complexity index is 775. The van der Waals surface area contributed by atoms with Crippen molar-refractivity contribution in [3.63, 3.8) is 0 Å². The third-order valence-electron chi connectivity index (χ3n) is 5.11. The lowest BCUT2D eigenvalue weighted by atomic mass is 10.0. The smallest absolute Gasteiger partial charge is 0.196 e. The molecule has 3 atom stereocenters. The minimum Gasteiger partial charge on any atom is -0.370 e. The van der Waals surface area contributed by atoms with Gasteiger partial charge in [-0.15, -0.1) is 0 Å². The minimum atomic E-state index is -2.99. The standard InChI is InChI=1S/C20H20NOPS/c22-23(17-7-3-1-4-8-17,18-9-5-2-6-10-18)20(24)21-19-14-15-11-12-16(19)13-15/h1-12,15-16,19H,13-14H2,(H,21,24). The fraction of sp³-hybridized carbons (Fsp3) is 0.250. The Morgan fingerprint density at radius 3 is 1.96 bits per heavy atom. The largest absolute Gasteiger partial charge is 0.370 e. The molecule has 2 aromatic carbocycles. The van der Waals surface area contributed by atoms with E-state index in [1.807, 2.05) is 60.7 Å². The van der Waals surface area contributed by atoms with Gasteiger partial charge in [-0.25, -0.2) is 0 Å². The Morgan fingerprint density at radius 2 is 1.50 bits per heavy atom. The molecule has 0 aromatic heterocycles. The van der Waals surface area contributed by atoms with Gasteiger partial charge in [0.15, 0.2) is 7.14 Å². The molecule has 24 heavy (non-hydrogen) atoms. The first-order chi connectivity index (χ1) is 11.7. The summed E-state index contributed by atoms with van der Waals surface area (Å²) in [6.07, 6.45) is 6.87. The molecule has 2 aliphatic rings. The average molecular weight is 353 g/mol. The van der Waals surface area contributed by atoms with Gasteiger partial charge in [-0.1, -0.05) is 85.0 Å². The first kappa shape index (κ1) is 15.8. The lowest BCUT2D eigenvalue weighted by molar-refractivity contribution is 0.527. The monoisotopic (exact) mass is 353 g/mol. The molecule has 2 aromatic rings. The van der Waals surface area contributed by atoms with Gasteiger partial charge in [0.1, 0.15) is 4.73 Å². The summed E-state index contributed by atoms with van der Waals surface area (Å²) in [4.78, 5) is 0. The third-order valence-corrected chi connectivity index (χ3v) is 8.75. The second kappa shape index (κ2) is 6.31. The summed E-state index contributed by atoms with van der Waals surface area (Å²) in [7, 11) is -2.99. The number of benzene rings is 2. The molecule has 1 fully saturated rings. The Labute approximate surface area is 148 Å². The van der Waals surface area contributed by atoms with Crippen LogP contribution >= 0.6 is 19.4 Å². The highest BCUT2D eigenvalue weighted by atomic mass is 32.1. The van der Waals surface area contributed by atoms with Crippen molar-refractivity contribution in [3.8, 4) is 0 Å². The molecule has 3 unspecified atom stereocenters. The fourth-order valence-corrected chi connectivity index (χ4v) is 6.94. The van der Waals surface area contributed by atoms with Gasteiger partial charge in [0.25, 0.3) is 0 Å². The lowest BCUT2D eigenvalue weighted by Gasteiger charge is -2.27. The molecule has 2 nitrogen and oxygen atoms in total. The molecule has 0 saturated heterocycles. The number of fused-ring (bicyclic) bond motifs is 2. The fourth-order valence-electron chi connectivity index (χ4n) is 3.86. The van der Waals surface area contributed by atoms with Crippen LogP contribution in [0.3, 0.4) is 0 Å². The quantitative estimate of drug-likeness (QED) is 0.514. The van der Waals surface area contributed by atoms with Gasteiger partial charge in [0.05, 0.1) is 0 Å². The van der Waals surface area contributed by atoms with E-state index in [1.54, 1.807) is 0 Å². The van der Waals surface area contributed by atoms with Gasteiger partial charge >= 0.3 is 0 Å². The summed E-state index contributed by atoms with van der Waals surface area (Å²) >= 11 is 5.71. The van der Waals surface area contributed by atoms with Crippen molar-refractivity contribution in [2.45, 2.75) is 18.9 Å². The van der Waals surface area contributed by atoms with Crippen LogP contribution in [-0.2, 0) is 4.57 Å². The number of rotatable bonds is 4. The van der Waals surface area contributed by atoms with E-state index in [4.69, 9.17) is 12.2 Å². The van der Waals surface area contributed by atoms with Gasteiger partial charge in [0, 0.05) is 16.7 Å². The summed E-state index contributed by atoms with van der Waals surface area (Å²) < 4.78 is 14.6. The molecular weight excluding hydrogens is 333 g/mol. The van der Waals surface area contributed by atoms with E-state index in [-0.39, 0.29) is 0 Å². The van der Waals surface area contributed by atoms with Crippen LogP contribution < -0.4 is 15.9 Å². The van der Waals surface area contributed by atoms with Gasteiger partial charge in [-0.05, 0) is 24.7 Å². The van der Waals surface area contributed by atoms with Crippen molar-refractivity contribution in [1.29, 1.82) is 0 Å². The zero-order chi connectivity index (χ0) is 16.6. The first-order valence-corrected chi connectivity index (χ1v) is 10.5. The third kappa shape index (κ3) is 2.66. The van der Waals surface area contributed by atoms with Crippen LogP contribution in [0.4, 0.5) is 0 Å². The number of hydrogen-bond donors (Lipinski definition) is 1. The maximum Gasteiger partial charge on any atom is 0.196 e. The Hall–Kier alpha value is -1.70. The summed E-state index contributed by atoms with van der Waals surface area (Å²) in [6, 6.07) is 19.6. The van der Waals surface area contributed by atoms with Crippen LogP contribution in [0.2, 0.25) is 0 Å². The molecule has 0 spiro atoms. The molecule has 4 heteroatoms. The van der Waals surface area contributed by atoms with Crippen LogP contribution in [0, 0.1) is 11.8 Å². The van der Waals surface area contributed by atoms with Crippen LogP contribution in [0.25, 0.3) is 0 Å². The van der Waals surface area contributed by atoms with E-state index in [1.165, 1.54) is 6.42 Å². The summed E-state index contributed by atoms with van der Waals surface area (Å²) in [5.41, 5.74) is 0. The zero-order valence-corrected chi connectivity index (χ0v) is 15.0. The topological polar surface area (TPSA) is 29.1 Å². The van der Waals surface area contributed by atoms with E-state index in [0.717, 1.165) is 17.0 Å². The number of thiocarbonyl (C=S) groups is 1. The number of nitrogens with one attached hydrogen (secondary N) is 1. The van der Waals surface area contributed by atoms with E-state index in [2.05, 4.69) is 17.5 Å². The molecular formula is C20H20NOPS. The predicted molar refractivity (Wildman–Crippen MR) is 105 cm³/mol.